The van der Waals surface area contributed by atoms with Crippen molar-refractivity contribution in [1.82, 2.24) is 0 Å². The van der Waals surface area contributed by atoms with Crippen molar-refractivity contribution in [2.45, 2.75) is 20.8 Å². The molecule has 0 saturated heterocycles. The average molecular weight is 239 g/mol. The number of ketones is 1. The minimum atomic E-state index is 0.0129. The van der Waals surface area contributed by atoms with Gasteiger partial charge in [-0.3, -0.25) is 4.79 Å². The molecule has 4 heteroatoms. The lowest BCUT2D eigenvalue weighted by Gasteiger charge is -2.06. The van der Waals surface area contributed by atoms with Gasteiger partial charge < -0.3 is 15.2 Å². The maximum atomic E-state index is 10.5. The monoisotopic (exact) mass is 239 g/mol. The minimum Gasteiger partial charge on any atom is -0.491 e. The number of anilines is 1. The number of rotatable bonds is 6. The van der Waals surface area contributed by atoms with Crippen molar-refractivity contribution in [2.75, 3.05) is 25.6 Å². The average Bonchev–Trinajstić information content (AvgIpc) is 2.31. The van der Waals surface area contributed by atoms with Crippen LogP contribution in [0.4, 0.5) is 5.69 Å². The number of benzene rings is 1. The lowest BCUT2D eigenvalue weighted by atomic mass is 10.3. The normalized spacial score (nSPS) is 9.12. The number of hydrogen-bond donors (Lipinski definition) is 1. The van der Waals surface area contributed by atoms with E-state index in [1.54, 1.807) is 12.1 Å². The Bertz CT molecular complexity index is 326. The second kappa shape index (κ2) is 9.66. The van der Waals surface area contributed by atoms with E-state index in [9.17, 15) is 4.79 Å². The molecule has 0 aliphatic heterocycles. The first-order chi connectivity index (χ1) is 8.18. The smallest absolute Gasteiger partial charge is 0.155 e. The Hall–Kier alpha value is -1.55. The van der Waals surface area contributed by atoms with E-state index in [0.29, 0.717) is 24.7 Å². The molecule has 0 aliphatic rings. The summed E-state index contributed by atoms with van der Waals surface area (Å²) in [5.41, 5.74) is 6.24. The molecule has 1 aromatic carbocycles. The fraction of sp³-hybridized carbons (Fsp3) is 0.462. The van der Waals surface area contributed by atoms with E-state index in [2.05, 4.69) is 0 Å². The van der Waals surface area contributed by atoms with Crippen LogP contribution in [0, 0.1) is 0 Å². The zero-order valence-corrected chi connectivity index (χ0v) is 10.7. The molecule has 0 bridgehead atoms. The summed E-state index contributed by atoms with van der Waals surface area (Å²) >= 11 is 0. The van der Waals surface area contributed by atoms with Crippen molar-refractivity contribution in [3.8, 4) is 5.75 Å². The Morgan fingerprint density at radius 1 is 1.29 bits per heavy atom. The van der Waals surface area contributed by atoms with E-state index < -0.39 is 0 Å². The van der Waals surface area contributed by atoms with E-state index in [1.165, 1.54) is 6.92 Å². The van der Waals surface area contributed by atoms with Crippen molar-refractivity contribution >= 4 is 11.5 Å². The summed E-state index contributed by atoms with van der Waals surface area (Å²) in [6, 6.07) is 7.17. The molecule has 0 radical (unpaired) electrons. The van der Waals surface area contributed by atoms with Gasteiger partial charge in [-0.15, -0.1) is 0 Å². The van der Waals surface area contributed by atoms with Crippen LogP contribution >= 0.6 is 0 Å². The number of Topliss-reactive ketones (excluding diaryl/α,β-unsaturated/α-hetero) is 1. The van der Waals surface area contributed by atoms with E-state index in [0.717, 1.165) is 0 Å². The summed E-state index contributed by atoms with van der Waals surface area (Å²) in [5, 5.41) is 0. The molecule has 0 amide bonds. The zero-order valence-electron chi connectivity index (χ0n) is 10.7. The summed E-state index contributed by atoms with van der Waals surface area (Å²) in [7, 11) is 0. The second-order valence-corrected chi connectivity index (χ2v) is 3.18. The topological polar surface area (TPSA) is 61.5 Å². The van der Waals surface area contributed by atoms with Gasteiger partial charge in [0.05, 0.1) is 6.61 Å². The number of ether oxygens (including phenoxy) is 2. The summed E-state index contributed by atoms with van der Waals surface area (Å²) in [4.78, 5) is 10.5. The van der Waals surface area contributed by atoms with Crippen LogP contribution in [0.25, 0.3) is 0 Å². The first-order valence-electron chi connectivity index (χ1n) is 5.74. The summed E-state index contributed by atoms with van der Waals surface area (Å²) in [6.07, 6.45) is 0. The van der Waals surface area contributed by atoms with Gasteiger partial charge in [0, 0.05) is 11.8 Å². The predicted octanol–water partition coefficient (Wildman–Crippen LogP) is 2.28. The Labute approximate surface area is 103 Å². The molecule has 1 rings (SSSR count). The van der Waals surface area contributed by atoms with Crippen LogP contribution in [-0.4, -0.2) is 25.6 Å². The maximum absolute atomic E-state index is 10.5. The van der Waals surface area contributed by atoms with Crippen molar-refractivity contribution in [3.63, 3.8) is 0 Å². The molecule has 0 aromatic heterocycles. The van der Waals surface area contributed by atoms with Crippen LogP contribution in [-0.2, 0) is 9.53 Å². The molecule has 0 saturated carbocycles. The molecular formula is C13H21NO3. The number of carbonyl (C=O) groups excluding carboxylic acids is 1. The Morgan fingerprint density at radius 2 is 2.00 bits per heavy atom. The van der Waals surface area contributed by atoms with Gasteiger partial charge in [-0.2, -0.15) is 0 Å². The third-order valence-corrected chi connectivity index (χ3v) is 1.66. The first-order valence-corrected chi connectivity index (χ1v) is 5.74. The Kier molecular flexibility index (Phi) is 8.78. The van der Waals surface area contributed by atoms with Crippen LogP contribution in [0.3, 0.4) is 0 Å². The molecule has 0 atom stereocenters. The van der Waals surface area contributed by atoms with E-state index in [-0.39, 0.29) is 12.4 Å². The third-order valence-electron chi connectivity index (χ3n) is 1.66. The highest BCUT2D eigenvalue weighted by Gasteiger charge is 1.95. The number of nitrogens with two attached hydrogens (primary N) is 1. The molecule has 0 fully saturated rings. The second-order valence-electron chi connectivity index (χ2n) is 3.18. The quantitative estimate of drug-likeness (QED) is 0.611. The standard InChI is InChI=1S/C11H15NO3.C2H6/c1-9(13)8-14-5-6-15-11-4-2-3-10(12)7-11;1-2/h2-4,7H,5-6,8,12H2,1H3;1-2H3. The molecule has 17 heavy (non-hydrogen) atoms. The maximum Gasteiger partial charge on any atom is 0.155 e. The van der Waals surface area contributed by atoms with Gasteiger partial charge in [0.2, 0.25) is 0 Å². The van der Waals surface area contributed by atoms with Crippen molar-refractivity contribution in [3.05, 3.63) is 24.3 Å². The van der Waals surface area contributed by atoms with Crippen molar-refractivity contribution in [1.29, 1.82) is 0 Å². The molecule has 2 N–H and O–H groups in total. The van der Waals surface area contributed by atoms with E-state index >= 15 is 0 Å². The third kappa shape index (κ3) is 8.28. The van der Waals surface area contributed by atoms with Gasteiger partial charge in [-0.1, -0.05) is 19.9 Å². The number of carbonyl (C=O) groups is 1. The Morgan fingerprint density at radius 3 is 2.59 bits per heavy atom. The Balaban J connectivity index is 0.00000121. The highest BCUT2D eigenvalue weighted by molar-refractivity contribution is 5.76. The highest BCUT2D eigenvalue weighted by Crippen LogP contribution is 2.13. The fourth-order valence-corrected chi connectivity index (χ4v) is 1.04. The minimum absolute atomic E-state index is 0.0129. The van der Waals surface area contributed by atoms with Crippen molar-refractivity contribution in [2.24, 2.45) is 0 Å². The fourth-order valence-electron chi connectivity index (χ4n) is 1.04. The number of nitrogen functional groups attached to an aromatic ring is 1. The predicted molar refractivity (Wildman–Crippen MR) is 69.2 cm³/mol. The van der Waals surface area contributed by atoms with Crippen LogP contribution in [0.5, 0.6) is 5.75 Å². The lowest BCUT2D eigenvalue weighted by Crippen LogP contribution is -2.11. The molecule has 0 spiro atoms. The molecule has 0 heterocycles. The highest BCUT2D eigenvalue weighted by atomic mass is 16.5. The molecule has 0 unspecified atom stereocenters. The summed E-state index contributed by atoms with van der Waals surface area (Å²) in [5.74, 6) is 0.723. The number of hydrogen-bond acceptors (Lipinski definition) is 4. The van der Waals surface area contributed by atoms with Gasteiger partial charge in [0.15, 0.2) is 5.78 Å². The molecular weight excluding hydrogens is 218 g/mol. The summed E-state index contributed by atoms with van der Waals surface area (Å²) < 4.78 is 10.4. The molecule has 4 nitrogen and oxygen atoms in total. The van der Waals surface area contributed by atoms with E-state index in [1.807, 2.05) is 26.0 Å². The SMILES string of the molecule is CC.CC(=O)COCCOc1cccc(N)c1. The van der Waals surface area contributed by atoms with Gasteiger partial charge >= 0.3 is 0 Å². The van der Waals surface area contributed by atoms with Crippen LogP contribution in [0.1, 0.15) is 20.8 Å². The van der Waals surface area contributed by atoms with Gasteiger partial charge in [0.25, 0.3) is 0 Å². The van der Waals surface area contributed by atoms with Gasteiger partial charge in [0.1, 0.15) is 19.0 Å². The zero-order chi connectivity index (χ0) is 13.1. The van der Waals surface area contributed by atoms with Crippen LogP contribution < -0.4 is 10.5 Å². The largest absolute Gasteiger partial charge is 0.491 e. The molecule has 1 aromatic rings. The summed E-state index contributed by atoms with van der Waals surface area (Å²) in [6.45, 7) is 6.43. The van der Waals surface area contributed by atoms with Gasteiger partial charge in [-0.25, -0.2) is 0 Å². The molecule has 96 valence electrons. The van der Waals surface area contributed by atoms with Gasteiger partial charge in [-0.05, 0) is 19.1 Å². The van der Waals surface area contributed by atoms with E-state index in [4.69, 9.17) is 15.2 Å². The van der Waals surface area contributed by atoms with Crippen molar-refractivity contribution < 1.29 is 14.3 Å². The van der Waals surface area contributed by atoms with Crippen LogP contribution in [0.2, 0.25) is 0 Å². The first kappa shape index (κ1) is 15.4. The van der Waals surface area contributed by atoms with Crippen LogP contribution in [0.15, 0.2) is 24.3 Å². The lowest BCUT2D eigenvalue weighted by molar-refractivity contribution is -0.121. The molecule has 0 aliphatic carbocycles.